The summed E-state index contributed by atoms with van der Waals surface area (Å²) in [5.74, 6) is 0.525. The molecule has 29 heavy (non-hydrogen) atoms. The van der Waals surface area contributed by atoms with Crippen LogP contribution in [0.1, 0.15) is 27.7 Å². The smallest absolute Gasteiger partial charge is 0.290 e. The largest absolute Gasteiger partial charge is 0.497 e. The molecule has 1 aliphatic heterocycles. The molecule has 2 aromatic carbocycles. The molecule has 0 aliphatic carbocycles. The number of ether oxygens (including phenoxy) is 1. The summed E-state index contributed by atoms with van der Waals surface area (Å²) >= 11 is 6.09. The normalized spacial score (nSPS) is 16.0. The fraction of sp³-hybridized carbons (Fsp3) is 0.273. The maximum Gasteiger partial charge on any atom is 0.290 e. The average molecular weight is 413 g/mol. The highest BCUT2D eigenvalue weighted by atomic mass is 35.5. The van der Waals surface area contributed by atoms with E-state index < -0.39 is 6.04 Å². The first kappa shape index (κ1) is 19.5. The van der Waals surface area contributed by atoms with Crippen molar-refractivity contribution < 1.29 is 13.9 Å². The van der Waals surface area contributed by atoms with Crippen LogP contribution in [0, 0.1) is 0 Å². The number of benzene rings is 2. The van der Waals surface area contributed by atoms with E-state index in [4.69, 9.17) is 20.8 Å². The van der Waals surface area contributed by atoms with Crippen molar-refractivity contribution in [1.82, 2.24) is 9.80 Å². The number of fused-ring (bicyclic) bond motifs is 2. The van der Waals surface area contributed by atoms with E-state index in [2.05, 4.69) is 0 Å². The van der Waals surface area contributed by atoms with Gasteiger partial charge in [-0.2, -0.15) is 0 Å². The lowest BCUT2D eigenvalue weighted by Crippen LogP contribution is -2.35. The van der Waals surface area contributed by atoms with Crippen LogP contribution in [0.3, 0.4) is 0 Å². The third-order valence-electron chi connectivity index (χ3n) is 5.15. The fourth-order valence-electron chi connectivity index (χ4n) is 3.66. The Kier molecular flexibility index (Phi) is 5.06. The zero-order valence-corrected chi connectivity index (χ0v) is 17.2. The second-order valence-corrected chi connectivity index (χ2v) is 7.73. The zero-order valence-electron chi connectivity index (χ0n) is 16.4. The van der Waals surface area contributed by atoms with Gasteiger partial charge >= 0.3 is 0 Å². The molecule has 7 heteroatoms. The van der Waals surface area contributed by atoms with Crippen molar-refractivity contribution >= 4 is 28.5 Å². The number of nitrogens with zero attached hydrogens (tertiary/aromatic N) is 2. The summed E-state index contributed by atoms with van der Waals surface area (Å²) in [6, 6.07) is 11.7. The lowest BCUT2D eigenvalue weighted by molar-refractivity contribution is 0.0716. The molecule has 0 fully saturated rings. The van der Waals surface area contributed by atoms with E-state index in [9.17, 15) is 9.59 Å². The molecule has 2 heterocycles. The summed E-state index contributed by atoms with van der Waals surface area (Å²) in [5.41, 5.74) is 1.30. The second kappa shape index (κ2) is 7.54. The molecule has 0 bridgehead atoms. The molecular weight excluding hydrogens is 392 g/mol. The third-order valence-corrected chi connectivity index (χ3v) is 5.38. The SMILES string of the molecule is COc1ccc([C@@H]2c3c(oc4ccc(Cl)cc4c3=O)C(=O)N2CCN(C)C)cc1. The van der Waals surface area contributed by atoms with E-state index in [0.29, 0.717) is 40.4 Å². The van der Waals surface area contributed by atoms with Gasteiger partial charge in [-0.1, -0.05) is 23.7 Å². The number of likely N-dealkylation sites (N-methyl/N-ethyl adjacent to an activating group) is 1. The van der Waals surface area contributed by atoms with E-state index in [1.54, 1.807) is 30.2 Å². The Morgan fingerprint density at radius 2 is 1.86 bits per heavy atom. The predicted octanol–water partition coefficient (Wildman–Crippen LogP) is 3.56. The van der Waals surface area contributed by atoms with Gasteiger partial charge in [0.1, 0.15) is 11.3 Å². The summed E-state index contributed by atoms with van der Waals surface area (Å²) in [6.07, 6.45) is 0. The highest BCUT2D eigenvalue weighted by Gasteiger charge is 2.42. The first-order chi connectivity index (χ1) is 13.9. The molecular formula is C22H21ClN2O4. The van der Waals surface area contributed by atoms with Gasteiger partial charge in [-0.15, -0.1) is 0 Å². The molecule has 1 aliphatic rings. The number of hydrogen-bond donors (Lipinski definition) is 0. The van der Waals surface area contributed by atoms with Crippen LogP contribution < -0.4 is 10.2 Å². The topological polar surface area (TPSA) is 63.0 Å². The molecule has 0 N–H and O–H groups in total. The minimum atomic E-state index is -0.525. The molecule has 1 amide bonds. The molecule has 0 radical (unpaired) electrons. The minimum absolute atomic E-state index is 0.101. The Hall–Kier alpha value is -2.83. The predicted molar refractivity (Wildman–Crippen MR) is 112 cm³/mol. The van der Waals surface area contributed by atoms with E-state index >= 15 is 0 Å². The van der Waals surface area contributed by atoms with Crippen molar-refractivity contribution in [1.29, 1.82) is 0 Å². The molecule has 3 aromatic rings. The highest BCUT2D eigenvalue weighted by molar-refractivity contribution is 6.31. The van der Waals surface area contributed by atoms with Gasteiger partial charge in [0.2, 0.25) is 5.76 Å². The Labute approximate surface area is 173 Å². The number of carbonyl (C=O) groups excluding carboxylic acids is 1. The van der Waals surface area contributed by atoms with Crippen molar-refractivity contribution in [2.24, 2.45) is 0 Å². The zero-order chi connectivity index (χ0) is 20.7. The van der Waals surface area contributed by atoms with Gasteiger partial charge in [0.25, 0.3) is 5.91 Å². The van der Waals surface area contributed by atoms with E-state index in [1.165, 1.54) is 0 Å². The van der Waals surface area contributed by atoms with Gasteiger partial charge in [0, 0.05) is 18.1 Å². The molecule has 150 valence electrons. The summed E-state index contributed by atoms with van der Waals surface area (Å²) in [6.45, 7) is 1.12. The third kappa shape index (κ3) is 3.39. The molecule has 4 rings (SSSR count). The molecule has 0 saturated heterocycles. The second-order valence-electron chi connectivity index (χ2n) is 7.29. The monoisotopic (exact) mass is 412 g/mol. The Balaban J connectivity index is 1.92. The van der Waals surface area contributed by atoms with Crippen molar-refractivity contribution in [3.8, 4) is 5.75 Å². The van der Waals surface area contributed by atoms with Crippen molar-refractivity contribution in [2.45, 2.75) is 6.04 Å². The Bertz CT molecular complexity index is 1140. The van der Waals surface area contributed by atoms with Crippen LogP contribution >= 0.6 is 11.6 Å². The minimum Gasteiger partial charge on any atom is -0.497 e. The number of hydrogen-bond acceptors (Lipinski definition) is 5. The lowest BCUT2D eigenvalue weighted by Gasteiger charge is -2.26. The Morgan fingerprint density at radius 1 is 1.14 bits per heavy atom. The van der Waals surface area contributed by atoms with E-state index in [1.807, 2.05) is 43.3 Å². The number of rotatable bonds is 5. The first-order valence-electron chi connectivity index (χ1n) is 9.26. The van der Waals surface area contributed by atoms with Crippen molar-refractivity contribution in [3.63, 3.8) is 0 Å². The van der Waals surface area contributed by atoms with Gasteiger partial charge in [0.05, 0.1) is 24.1 Å². The summed E-state index contributed by atoms with van der Waals surface area (Å²) < 4.78 is 11.1. The number of amides is 1. The molecule has 0 unspecified atom stereocenters. The standard InChI is InChI=1S/C22H21ClN2O4/c1-24(2)10-11-25-19(13-4-7-15(28-3)8-5-13)18-20(26)16-12-14(23)6-9-17(16)29-21(18)22(25)27/h4-9,12,19H,10-11H2,1-3H3/t19-/m1/s1. The lowest BCUT2D eigenvalue weighted by atomic mass is 9.98. The number of methoxy groups -OCH3 is 1. The van der Waals surface area contributed by atoms with Crippen LogP contribution in [-0.4, -0.2) is 50.0 Å². The number of halogens is 1. The highest BCUT2D eigenvalue weighted by Crippen LogP contribution is 2.38. The molecule has 0 saturated carbocycles. The number of carbonyl (C=O) groups is 1. The van der Waals surface area contributed by atoms with Crippen LogP contribution in [0.4, 0.5) is 0 Å². The molecule has 1 aromatic heterocycles. The fourth-order valence-corrected chi connectivity index (χ4v) is 3.84. The van der Waals surface area contributed by atoms with Gasteiger partial charge in [-0.25, -0.2) is 0 Å². The van der Waals surface area contributed by atoms with Gasteiger partial charge in [0.15, 0.2) is 5.43 Å². The summed E-state index contributed by atoms with van der Waals surface area (Å²) in [7, 11) is 5.48. The van der Waals surface area contributed by atoms with Gasteiger partial charge < -0.3 is 19.0 Å². The van der Waals surface area contributed by atoms with Crippen LogP contribution in [-0.2, 0) is 0 Å². The molecule has 0 spiro atoms. The maximum atomic E-state index is 13.4. The van der Waals surface area contributed by atoms with Gasteiger partial charge in [-0.3, -0.25) is 9.59 Å². The van der Waals surface area contributed by atoms with Gasteiger partial charge in [-0.05, 0) is 50.0 Å². The molecule has 1 atom stereocenters. The maximum absolute atomic E-state index is 13.4. The van der Waals surface area contributed by atoms with Crippen LogP contribution in [0.2, 0.25) is 5.02 Å². The summed E-state index contributed by atoms with van der Waals surface area (Å²) in [4.78, 5) is 30.3. The van der Waals surface area contributed by atoms with Crippen LogP contribution in [0.25, 0.3) is 11.0 Å². The average Bonchev–Trinajstić information content (AvgIpc) is 2.99. The first-order valence-corrected chi connectivity index (χ1v) is 9.64. The van der Waals surface area contributed by atoms with Crippen LogP contribution in [0.5, 0.6) is 5.75 Å². The van der Waals surface area contributed by atoms with E-state index in [-0.39, 0.29) is 17.1 Å². The Morgan fingerprint density at radius 3 is 2.52 bits per heavy atom. The quantitative estimate of drug-likeness (QED) is 0.641. The van der Waals surface area contributed by atoms with Crippen LogP contribution in [0.15, 0.2) is 51.7 Å². The van der Waals surface area contributed by atoms with Crippen molar-refractivity contribution in [2.75, 3.05) is 34.3 Å². The summed E-state index contributed by atoms with van der Waals surface area (Å²) in [5, 5.41) is 0.816. The molecule has 6 nitrogen and oxygen atoms in total. The van der Waals surface area contributed by atoms with E-state index in [0.717, 1.165) is 5.56 Å². The van der Waals surface area contributed by atoms with Crippen molar-refractivity contribution in [3.05, 3.63) is 74.6 Å².